The number of ether oxygens (including phenoxy) is 2. The maximum atomic E-state index is 13.0. The summed E-state index contributed by atoms with van der Waals surface area (Å²) in [5.41, 5.74) is 0.711. The second kappa shape index (κ2) is 8.91. The first kappa shape index (κ1) is 20.6. The summed E-state index contributed by atoms with van der Waals surface area (Å²) in [4.78, 5) is 38.5. The Kier molecular flexibility index (Phi) is 6.33. The average Bonchev–Trinajstić information content (AvgIpc) is 2.68. The van der Waals surface area contributed by atoms with Gasteiger partial charge in [-0.05, 0) is 56.3 Å². The Hall–Kier alpha value is -3.13. The van der Waals surface area contributed by atoms with Crippen molar-refractivity contribution in [2.45, 2.75) is 13.8 Å². The van der Waals surface area contributed by atoms with Gasteiger partial charge in [0.25, 0.3) is 11.8 Å². The number of rotatable bonds is 6. The van der Waals surface area contributed by atoms with Crippen molar-refractivity contribution in [2.24, 2.45) is 0 Å². The van der Waals surface area contributed by atoms with E-state index in [0.29, 0.717) is 36.0 Å². The number of carbonyl (C=O) groups excluding carboxylic acids is 3. The van der Waals surface area contributed by atoms with Crippen molar-refractivity contribution in [3.63, 3.8) is 0 Å². The van der Waals surface area contributed by atoms with Crippen LogP contribution in [0, 0.1) is 0 Å². The van der Waals surface area contributed by atoms with Gasteiger partial charge in [-0.25, -0.2) is 9.69 Å². The third-order valence-corrected chi connectivity index (χ3v) is 4.61. The number of halogens is 1. The van der Waals surface area contributed by atoms with Crippen molar-refractivity contribution in [2.75, 3.05) is 18.1 Å². The third-order valence-electron chi connectivity index (χ3n) is 4.08. The third kappa shape index (κ3) is 4.48. The van der Waals surface area contributed by atoms with E-state index in [1.165, 1.54) is 6.08 Å². The quantitative estimate of drug-likeness (QED) is 0.523. The lowest BCUT2D eigenvalue weighted by atomic mass is 10.1. The highest BCUT2D eigenvalue weighted by molar-refractivity contribution is 9.10. The summed E-state index contributed by atoms with van der Waals surface area (Å²) in [5, 5.41) is 2.21. The van der Waals surface area contributed by atoms with E-state index in [2.05, 4.69) is 21.2 Å². The first-order valence-electron chi connectivity index (χ1n) is 9.01. The highest BCUT2D eigenvalue weighted by Gasteiger charge is 2.36. The zero-order chi connectivity index (χ0) is 21.0. The monoisotopic (exact) mass is 458 g/mol. The van der Waals surface area contributed by atoms with E-state index in [-0.39, 0.29) is 5.57 Å². The fourth-order valence-corrected chi connectivity index (χ4v) is 3.07. The number of nitrogens with zero attached hydrogens (tertiary/aromatic N) is 1. The predicted molar refractivity (Wildman–Crippen MR) is 112 cm³/mol. The molecule has 2 aromatic carbocycles. The van der Waals surface area contributed by atoms with E-state index in [1.54, 1.807) is 42.5 Å². The minimum atomic E-state index is -0.795. The van der Waals surface area contributed by atoms with Gasteiger partial charge in [0.15, 0.2) is 0 Å². The molecule has 0 atom stereocenters. The molecule has 0 bridgehead atoms. The molecule has 0 saturated carbocycles. The van der Waals surface area contributed by atoms with Crippen LogP contribution in [0.2, 0.25) is 0 Å². The zero-order valence-corrected chi connectivity index (χ0v) is 17.5. The van der Waals surface area contributed by atoms with Crippen LogP contribution in [0.1, 0.15) is 19.4 Å². The molecule has 1 N–H and O–H groups in total. The predicted octanol–water partition coefficient (Wildman–Crippen LogP) is 3.91. The summed E-state index contributed by atoms with van der Waals surface area (Å²) >= 11 is 3.31. The van der Waals surface area contributed by atoms with Crippen LogP contribution in [0.3, 0.4) is 0 Å². The zero-order valence-electron chi connectivity index (χ0n) is 15.9. The molecule has 0 radical (unpaired) electrons. The lowest BCUT2D eigenvalue weighted by Crippen LogP contribution is -2.54. The fourth-order valence-electron chi connectivity index (χ4n) is 2.81. The molecule has 0 aromatic heterocycles. The summed E-state index contributed by atoms with van der Waals surface area (Å²) in [6.07, 6.45) is 1.41. The molecule has 1 saturated heterocycles. The Bertz CT molecular complexity index is 985. The number of anilines is 1. The molecule has 4 amide bonds. The van der Waals surface area contributed by atoms with Crippen LogP contribution in [-0.4, -0.2) is 31.1 Å². The number of imide groups is 2. The molecule has 0 aliphatic carbocycles. The minimum Gasteiger partial charge on any atom is -0.494 e. The molecule has 8 heteroatoms. The van der Waals surface area contributed by atoms with E-state index in [4.69, 9.17) is 9.47 Å². The molecule has 29 heavy (non-hydrogen) atoms. The van der Waals surface area contributed by atoms with Crippen LogP contribution in [-0.2, 0) is 9.59 Å². The maximum absolute atomic E-state index is 13.0. The van der Waals surface area contributed by atoms with E-state index < -0.39 is 17.8 Å². The van der Waals surface area contributed by atoms with E-state index in [9.17, 15) is 14.4 Å². The number of carbonyl (C=O) groups is 3. The van der Waals surface area contributed by atoms with Crippen molar-refractivity contribution < 1.29 is 23.9 Å². The van der Waals surface area contributed by atoms with Crippen molar-refractivity contribution in [3.8, 4) is 11.5 Å². The van der Waals surface area contributed by atoms with Crippen molar-refractivity contribution >= 4 is 45.5 Å². The van der Waals surface area contributed by atoms with Gasteiger partial charge in [-0.15, -0.1) is 0 Å². The smallest absolute Gasteiger partial charge is 0.335 e. The summed E-state index contributed by atoms with van der Waals surface area (Å²) in [6, 6.07) is 10.9. The lowest BCUT2D eigenvalue weighted by molar-refractivity contribution is -0.122. The van der Waals surface area contributed by atoms with Gasteiger partial charge in [-0.1, -0.05) is 15.9 Å². The highest BCUT2D eigenvalue weighted by Crippen LogP contribution is 2.29. The number of urea groups is 1. The molecular weight excluding hydrogens is 440 g/mol. The molecular formula is C21H19BrN2O5. The second-order valence-corrected chi connectivity index (χ2v) is 6.92. The summed E-state index contributed by atoms with van der Waals surface area (Å²) in [6.45, 7) is 4.60. The molecule has 1 heterocycles. The number of hydrogen-bond donors (Lipinski definition) is 1. The molecule has 0 spiro atoms. The average molecular weight is 459 g/mol. The lowest BCUT2D eigenvalue weighted by Gasteiger charge is -2.26. The highest BCUT2D eigenvalue weighted by atomic mass is 79.9. The molecule has 7 nitrogen and oxygen atoms in total. The van der Waals surface area contributed by atoms with E-state index in [1.807, 2.05) is 13.8 Å². The fraction of sp³-hybridized carbons (Fsp3) is 0.190. The maximum Gasteiger partial charge on any atom is 0.335 e. The Balaban J connectivity index is 2.01. The molecule has 150 valence electrons. The van der Waals surface area contributed by atoms with Crippen LogP contribution in [0.5, 0.6) is 11.5 Å². The summed E-state index contributed by atoms with van der Waals surface area (Å²) in [5.74, 6) is -0.384. The van der Waals surface area contributed by atoms with Gasteiger partial charge in [0.2, 0.25) is 0 Å². The first-order valence-corrected chi connectivity index (χ1v) is 9.80. The Morgan fingerprint density at radius 3 is 2.34 bits per heavy atom. The van der Waals surface area contributed by atoms with Crippen LogP contribution >= 0.6 is 15.9 Å². The Morgan fingerprint density at radius 1 is 1.00 bits per heavy atom. The Morgan fingerprint density at radius 2 is 1.69 bits per heavy atom. The Labute approximate surface area is 176 Å². The van der Waals surface area contributed by atoms with E-state index >= 15 is 0 Å². The van der Waals surface area contributed by atoms with Crippen LogP contribution in [0.4, 0.5) is 10.5 Å². The second-order valence-electron chi connectivity index (χ2n) is 6.00. The topological polar surface area (TPSA) is 84.9 Å². The number of nitrogens with one attached hydrogen (secondary N) is 1. The van der Waals surface area contributed by atoms with Gasteiger partial charge in [-0.2, -0.15) is 0 Å². The standard InChI is InChI=1S/C21H19BrN2O5/c1-3-28-16-10-5-13(18(12-16)29-4-2)11-17-19(25)23-21(27)24(20(17)26)15-8-6-14(22)7-9-15/h5-12H,3-4H2,1-2H3,(H,23,25,27). The summed E-state index contributed by atoms with van der Waals surface area (Å²) < 4.78 is 11.9. The number of amides is 4. The molecule has 1 aliphatic rings. The van der Waals surface area contributed by atoms with Crippen molar-refractivity contribution in [1.82, 2.24) is 5.32 Å². The first-order chi connectivity index (χ1) is 13.9. The van der Waals surface area contributed by atoms with Crippen molar-refractivity contribution in [3.05, 3.63) is 58.1 Å². The minimum absolute atomic E-state index is 0.169. The van der Waals surface area contributed by atoms with Gasteiger partial charge in [0.05, 0.1) is 18.9 Å². The van der Waals surface area contributed by atoms with Gasteiger partial charge in [-0.3, -0.25) is 14.9 Å². The molecule has 0 unspecified atom stereocenters. The molecule has 2 aromatic rings. The largest absolute Gasteiger partial charge is 0.494 e. The summed E-state index contributed by atoms with van der Waals surface area (Å²) in [7, 11) is 0. The van der Waals surface area contributed by atoms with Gasteiger partial charge >= 0.3 is 6.03 Å². The van der Waals surface area contributed by atoms with Gasteiger partial charge in [0.1, 0.15) is 17.1 Å². The van der Waals surface area contributed by atoms with Gasteiger partial charge in [0, 0.05) is 16.1 Å². The van der Waals surface area contributed by atoms with E-state index in [0.717, 1.165) is 9.37 Å². The normalized spacial score (nSPS) is 15.5. The molecule has 1 aliphatic heterocycles. The van der Waals surface area contributed by atoms with Crippen molar-refractivity contribution in [1.29, 1.82) is 0 Å². The number of barbiturate groups is 1. The van der Waals surface area contributed by atoms with Gasteiger partial charge < -0.3 is 9.47 Å². The van der Waals surface area contributed by atoms with Crippen LogP contribution in [0.15, 0.2) is 52.5 Å². The molecule has 1 fully saturated rings. The number of benzene rings is 2. The molecule has 3 rings (SSSR count). The SMILES string of the molecule is CCOc1ccc(C=C2C(=O)NC(=O)N(c3ccc(Br)cc3)C2=O)c(OCC)c1. The van der Waals surface area contributed by atoms with Crippen LogP contribution < -0.4 is 19.7 Å². The number of hydrogen-bond acceptors (Lipinski definition) is 5. The van der Waals surface area contributed by atoms with Crippen LogP contribution in [0.25, 0.3) is 6.08 Å².